The number of carbonyl (C=O) groups is 2. The lowest BCUT2D eigenvalue weighted by atomic mass is 10.1. The Balaban J connectivity index is 1.98. The van der Waals surface area contributed by atoms with Crippen LogP contribution in [-0.4, -0.2) is 28.6 Å². The third-order valence-corrected chi connectivity index (χ3v) is 4.28. The summed E-state index contributed by atoms with van der Waals surface area (Å²) in [6.07, 6.45) is 0.712. The van der Waals surface area contributed by atoms with E-state index in [9.17, 15) is 19.8 Å². The maximum Gasteiger partial charge on any atom is 0.255 e. The molecule has 0 atom stereocenters. The molecule has 0 unspecified atom stereocenters. The second-order valence-electron chi connectivity index (χ2n) is 5.57. The van der Waals surface area contributed by atoms with Crippen molar-refractivity contribution in [1.29, 1.82) is 0 Å². The summed E-state index contributed by atoms with van der Waals surface area (Å²) in [7, 11) is 0. The smallest absolute Gasteiger partial charge is 0.255 e. The first-order valence-electron chi connectivity index (χ1n) is 7.30. The zero-order chi connectivity index (χ0) is 17.4. The predicted molar refractivity (Wildman–Crippen MR) is 93.6 cm³/mol. The summed E-state index contributed by atoms with van der Waals surface area (Å²) >= 11 is 3.41. The first kappa shape index (κ1) is 16.3. The highest BCUT2D eigenvalue weighted by Crippen LogP contribution is 2.38. The maximum atomic E-state index is 12.5. The normalized spacial score (nSPS) is 12.8. The monoisotopic (exact) mass is 390 g/mol. The zero-order valence-electron chi connectivity index (χ0n) is 12.8. The van der Waals surface area contributed by atoms with Gasteiger partial charge in [-0.05, 0) is 36.2 Å². The molecule has 1 aliphatic heterocycles. The molecule has 24 heavy (non-hydrogen) atoms. The molecular weight excluding hydrogens is 376 g/mol. The van der Waals surface area contributed by atoms with E-state index in [0.29, 0.717) is 24.3 Å². The average Bonchev–Trinajstić information content (AvgIpc) is 2.90. The molecule has 0 spiro atoms. The number of rotatable bonds is 2. The number of hydrogen-bond donors (Lipinski definition) is 3. The number of fused-ring (bicyclic) bond motifs is 1. The zero-order valence-corrected chi connectivity index (χ0v) is 14.4. The molecule has 0 fully saturated rings. The van der Waals surface area contributed by atoms with Crippen LogP contribution in [0.25, 0.3) is 0 Å². The number of hydrogen-bond acceptors (Lipinski definition) is 4. The van der Waals surface area contributed by atoms with E-state index in [1.54, 1.807) is 11.0 Å². The van der Waals surface area contributed by atoms with Crippen LogP contribution >= 0.6 is 15.9 Å². The molecule has 3 rings (SSSR count). The molecule has 1 heterocycles. The van der Waals surface area contributed by atoms with E-state index < -0.39 is 5.91 Å². The van der Waals surface area contributed by atoms with E-state index >= 15 is 0 Å². The molecule has 0 saturated heterocycles. The molecule has 0 aliphatic carbocycles. The van der Waals surface area contributed by atoms with Crippen molar-refractivity contribution in [2.45, 2.75) is 13.3 Å². The van der Waals surface area contributed by atoms with Crippen molar-refractivity contribution in [3.8, 4) is 11.5 Å². The predicted octanol–water partition coefficient (Wildman–Crippen LogP) is 3.02. The average molecular weight is 391 g/mol. The van der Waals surface area contributed by atoms with E-state index in [0.717, 1.165) is 16.1 Å². The summed E-state index contributed by atoms with van der Waals surface area (Å²) in [5.41, 5.74) is 2.27. The van der Waals surface area contributed by atoms with Crippen LogP contribution < -0.4 is 10.2 Å². The first-order valence-corrected chi connectivity index (χ1v) is 8.09. The summed E-state index contributed by atoms with van der Waals surface area (Å²) in [6, 6.07) is 7.31. The number of nitrogens with one attached hydrogen (secondary N) is 1. The fourth-order valence-electron chi connectivity index (χ4n) is 2.84. The fourth-order valence-corrected chi connectivity index (χ4v) is 3.35. The highest BCUT2D eigenvalue weighted by atomic mass is 79.9. The standard InChI is InChI=1S/C17H15BrN2O4/c1-9(21)20-3-2-10-4-12(18)7-15(16(10)20)19-17(24)11-5-13(22)8-14(23)6-11/h4-8,22-23H,2-3H2,1H3,(H,19,24). The number of halogens is 1. The molecular formula is C17H15BrN2O4. The molecule has 2 amide bonds. The highest BCUT2D eigenvalue weighted by molar-refractivity contribution is 9.10. The van der Waals surface area contributed by atoms with Gasteiger partial charge in [-0.3, -0.25) is 9.59 Å². The maximum absolute atomic E-state index is 12.5. The van der Waals surface area contributed by atoms with E-state index in [-0.39, 0.29) is 23.0 Å². The Morgan fingerprint density at radius 3 is 2.42 bits per heavy atom. The van der Waals surface area contributed by atoms with Gasteiger partial charge in [-0.2, -0.15) is 0 Å². The van der Waals surface area contributed by atoms with E-state index in [1.165, 1.54) is 19.1 Å². The van der Waals surface area contributed by atoms with Crippen LogP contribution in [0.3, 0.4) is 0 Å². The van der Waals surface area contributed by atoms with Crippen molar-refractivity contribution in [3.05, 3.63) is 45.9 Å². The van der Waals surface area contributed by atoms with Gasteiger partial charge in [0.15, 0.2) is 0 Å². The third-order valence-electron chi connectivity index (χ3n) is 3.82. The Hall–Kier alpha value is -2.54. The largest absolute Gasteiger partial charge is 0.508 e. The topological polar surface area (TPSA) is 89.9 Å². The molecule has 7 heteroatoms. The minimum absolute atomic E-state index is 0.0958. The van der Waals surface area contributed by atoms with Crippen LogP contribution in [0, 0.1) is 0 Å². The van der Waals surface area contributed by atoms with Crippen molar-refractivity contribution in [2.75, 3.05) is 16.8 Å². The lowest BCUT2D eigenvalue weighted by Crippen LogP contribution is -2.27. The molecule has 0 aromatic heterocycles. The quantitative estimate of drug-likeness (QED) is 0.734. The highest BCUT2D eigenvalue weighted by Gasteiger charge is 2.27. The summed E-state index contributed by atoms with van der Waals surface area (Å²) in [6.45, 7) is 2.05. The van der Waals surface area contributed by atoms with Gasteiger partial charge < -0.3 is 20.4 Å². The van der Waals surface area contributed by atoms with Crippen molar-refractivity contribution in [3.63, 3.8) is 0 Å². The summed E-state index contributed by atoms with van der Waals surface area (Å²) in [5, 5.41) is 21.8. The molecule has 0 radical (unpaired) electrons. The number of benzene rings is 2. The van der Waals surface area contributed by atoms with Gasteiger partial charge in [-0.15, -0.1) is 0 Å². The van der Waals surface area contributed by atoms with Crippen LogP contribution in [0.15, 0.2) is 34.8 Å². The summed E-state index contributed by atoms with van der Waals surface area (Å²) in [4.78, 5) is 25.9. The van der Waals surface area contributed by atoms with Gasteiger partial charge in [0.2, 0.25) is 5.91 Å². The van der Waals surface area contributed by atoms with Crippen LogP contribution in [0.5, 0.6) is 11.5 Å². The number of aromatic hydroxyl groups is 2. The van der Waals surface area contributed by atoms with Gasteiger partial charge in [-0.25, -0.2) is 0 Å². The first-order chi connectivity index (χ1) is 11.3. The molecule has 124 valence electrons. The number of phenolic OH excluding ortho intramolecular Hbond substituents is 2. The summed E-state index contributed by atoms with van der Waals surface area (Å²) in [5.74, 6) is -0.992. The minimum atomic E-state index is -0.489. The lowest BCUT2D eigenvalue weighted by molar-refractivity contribution is -0.116. The minimum Gasteiger partial charge on any atom is -0.508 e. The Bertz CT molecular complexity index is 830. The van der Waals surface area contributed by atoms with Gasteiger partial charge >= 0.3 is 0 Å². The Morgan fingerprint density at radius 1 is 1.12 bits per heavy atom. The number of carbonyl (C=O) groups excluding carboxylic acids is 2. The number of anilines is 2. The van der Waals surface area contributed by atoms with Crippen LogP contribution in [-0.2, 0) is 11.2 Å². The van der Waals surface area contributed by atoms with Crippen molar-refractivity contribution >= 4 is 39.1 Å². The molecule has 6 nitrogen and oxygen atoms in total. The molecule has 0 saturated carbocycles. The SMILES string of the molecule is CC(=O)N1CCc2cc(Br)cc(NC(=O)c3cc(O)cc(O)c3)c21. The number of phenols is 2. The molecule has 2 aromatic carbocycles. The number of nitrogens with zero attached hydrogens (tertiary/aromatic N) is 1. The second-order valence-corrected chi connectivity index (χ2v) is 6.49. The lowest BCUT2D eigenvalue weighted by Gasteiger charge is -2.19. The number of amides is 2. The van der Waals surface area contributed by atoms with Gasteiger partial charge in [0.05, 0.1) is 11.4 Å². The molecule has 1 aliphatic rings. The molecule has 2 aromatic rings. The van der Waals surface area contributed by atoms with Gasteiger partial charge in [0.25, 0.3) is 5.91 Å². The van der Waals surface area contributed by atoms with Crippen molar-refractivity contribution < 1.29 is 19.8 Å². The Morgan fingerprint density at radius 2 is 1.79 bits per heavy atom. The van der Waals surface area contributed by atoms with Crippen molar-refractivity contribution in [1.82, 2.24) is 0 Å². The summed E-state index contributed by atoms with van der Waals surface area (Å²) < 4.78 is 0.792. The van der Waals surface area contributed by atoms with Crippen LogP contribution in [0.2, 0.25) is 0 Å². The van der Waals surface area contributed by atoms with E-state index in [4.69, 9.17) is 0 Å². The molecule has 3 N–H and O–H groups in total. The van der Waals surface area contributed by atoms with Gasteiger partial charge in [0, 0.05) is 29.6 Å². The molecule has 0 bridgehead atoms. The van der Waals surface area contributed by atoms with Crippen LogP contribution in [0.4, 0.5) is 11.4 Å². The van der Waals surface area contributed by atoms with Crippen LogP contribution in [0.1, 0.15) is 22.8 Å². The van der Waals surface area contributed by atoms with E-state index in [2.05, 4.69) is 21.2 Å². The third kappa shape index (κ3) is 3.07. The van der Waals surface area contributed by atoms with Crippen molar-refractivity contribution in [2.24, 2.45) is 0 Å². The Labute approximate surface area is 146 Å². The fraction of sp³-hybridized carbons (Fsp3) is 0.176. The Kier molecular flexibility index (Phi) is 4.19. The second kappa shape index (κ2) is 6.16. The van der Waals surface area contributed by atoms with Gasteiger partial charge in [-0.1, -0.05) is 15.9 Å². The van der Waals surface area contributed by atoms with E-state index in [1.807, 2.05) is 6.07 Å². The van der Waals surface area contributed by atoms with Gasteiger partial charge in [0.1, 0.15) is 11.5 Å².